The Hall–Kier alpha value is -1.11. The summed E-state index contributed by atoms with van der Waals surface area (Å²) in [5, 5.41) is 7.44. The van der Waals surface area contributed by atoms with Gasteiger partial charge in [-0.15, -0.1) is 0 Å². The van der Waals surface area contributed by atoms with Crippen molar-refractivity contribution in [3.63, 3.8) is 0 Å². The summed E-state index contributed by atoms with van der Waals surface area (Å²) < 4.78 is 0. The van der Waals surface area contributed by atoms with Gasteiger partial charge in [0.2, 0.25) is 0 Å². The molecular formula is C23H39N. The Kier molecular flexibility index (Phi) is 13.4. The smallest absolute Gasteiger partial charge is 0.0253 e. The molecule has 1 aromatic rings. The lowest BCUT2D eigenvalue weighted by Crippen LogP contribution is -1.92. The summed E-state index contributed by atoms with van der Waals surface area (Å²) in [5.74, 6) is 0. The van der Waals surface area contributed by atoms with Gasteiger partial charge in [0.1, 0.15) is 0 Å². The fraction of sp³-hybridized carbons (Fsp3) is 0.696. The standard InChI is InChI=1S/C23H39N/c1-2-3-4-5-6-7-8-9-10-11-12-13-14-15-18-22-19-16-17-20-23(22)21-24/h16-17,19-21,24H,2-15,18H2,1H3. The van der Waals surface area contributed by atoms with Gasteiger partial charge in [-0.25, -0.2) is 0 Å². The van der Waals surface area contributed by atoms with Crippen molar-refractivity contribution in [2.75, 3.05) is 0 Å². The average molecular weight is 330 g/mol. The highest BCUT2D eigenvalue weighted by Gasteiger charge is 1.99. The van der Waals surface area contributed by atoms with Gasteiger partial charge in [0.05, 0.1) is 0 Å². The van der Waals surface area contributed by atoms with E-state index in [0.29, 0.717) is 0 Å². The van der Waals surface area contributed by atoms with Crippen molar-refractivity contribution in [1.82, 2.24) is 0 Å². The van der Waals surface area contributed by atoms with Gasteiger partial charge in [-0.1, -0.05) is 115 Å². The minimum absolute atomic E-state index is 1.09. The van der Waals surface area contributed by atoms with E-state index in [1.165, 1.54) is 102 Å². The fourth-order valence-electron chi connectivity index (χ4n) is 3.41. The van der Waals surface area contributed by atoms with E-state index in [4.69, 9.17) is 5.41 Å². The van der Waals surface area contributed by atoms with Crippen LogP contribution in [0.4, 0.5) is 0 Å². The average Bonchev–Trinajstić information content (AvgIpc) is 2.62. The maximum atomic E-state index is 7.44. The van der Waals surface area contributed by atoms with E-state index < -0.39 is 0 Å². The van der Waals surface area contributed by atoms with E-state index in [0.717, 1.165) is 12.0 Å². The van der Waals surface area contributed by atoms with Gasteiger partial charge < -0.3 is 5.41 Å². The normalized spacial score (nSPS) is 10.9. The maximum Gasteiger partial charge on any atom is 0.0253 e. The first-order valence-electron chi connectivity index (χ1n) is 10.5. The van der Waals surface area contributed by atoms with Crippen LogP contribution in [0.3, 0.4) is 0 Å². The predicted octanol–water partition coefficient (Wildman–Crippen LogP) is 7.71. The number of nitrogens with one attached hydrogen (secondary N) is 1. The van der Waals surface area contributed by atoms with Crippen LogP contribution < -0.4 is 0 Å². The predicted molar refractivity (Wildman–Crippen MR) is 108 cm³/mol. The molecule has 0 unspecified atom stereocenters. The molecule has 1 nitrogen and oxygen atoms in total. The van der Waals surface area contributed by atoms with Crippen LogP contribution >= 0.6 is 0 Å². The summed E-state index contributed by atoms with van der Waals surface area (Å²) in [6, 6.07) is 8.33. The third kappa shape index (κ3) is 10.6. The van der Waals surface area contributed by atoms with E-state index in [2.05, 4.69) is 19.1 Å². The highest BCUT2D eigenvalue weighted by Crippen LogP contribution is 2.15. The van der Waals surface area contributed by atoms with E-state index >= 15 is 0 Å². The van der Waals surface area contributed by atoms with Crippen LogP contribution in [0.15, 0.2) is 24.3 Å². The number of rotatable bonds is 16. The first-order valence-corrected chi connectivity index (χ1v) is 10.5. The quantitative estimate of drug-likeness (QED) is 0.237. The van der Waals surface area contributed by atoms with Gasteiger partial charge >= 0.3 is 0 Å². The summed E-state index contributed by atoms with van der Waals surface area (Å²) in [4.78, 5) is 0. The van der Waals surface area contributed by atoms with Gasteiger partial charge in [0.15, 0.2) is 0 Å². The highest BCUT2D eigenvalue weighted by molar-refractivity contribution is 5.79. The van der Waals surface area contributed by atoms with Crippen molar-refractivity contribution in [3.8, 4) is 0 Å². The molecule has 0 saturated heterocycles. The summed E-state index contributed by atoms with van der Waals surface area (Å²) >= 11 is 0. The fourth-order valence-corrected chi connectivity index (χ4v) is 3.41. The monoisotopic (exact) mass is 329 g/mol. The van der Waals surface area contributed by atoms with E-state index in [-0.39, 0.29) is 0 Å². The maximum absolute atomic E-state index is 7.44. The van der Waals surface area contributed by atoms with Gasteiger partial charge in [-0.05, 0) is 24.0 Å². The molecule has 1 N–H and O–H groups in total. The molecule has 1 rings (SSSR count). The summed E-state index contributed by atoms with van der Waals surface area (Å²) in [6.07, 6.45) is 22.3. The number of hydrogen-bond donors (Lipinski definition) is 1. The molecule has 0 amide bonds. The number of aryl methyl sites for hydroxylation is 1. The Labute approximate surface area is 150 Å². The molecule has 0 aliphatic carbocycles. The van der Waals surface area contributed by atoms with Crippen molar-refractivity contribution in [2.24, 2.45) is 0 Å². The molecule has 0 aromatic heterocycles. The Balaban J connectivity index is 1.85. The highest BCUT2D eigenvalue weighted by atomic mass is 14.3. The van der Waals surface area contributed by atoms with Crippen molar-refractivity contribution in [2.45, 2.75) is 103 Å². The van der Waals surface area contributed by atoms with E-state index in [1.54, 1.807) is 0 Å². The molecule has 136 valence electrons. The third-order valence-electron chi connectivity index (χ3n) is 5.01. The van der Waals surface area contributed by atoms with Crippen molar-refractivity contribution < 1.29 is 0 Å². The molecular weight excluding hydrogens is 290 g/mol. The second-order valence-corrected chi connectivity index (χ2v) is 7.19. The van der Waals surface area contributed by atoms with Crippen molar-refractivity contribution >= 4 is 6.21 Å². The van der Waals surface area contributed by atoms with Gasteiger partial charge in [-0.2, -0.15) is 0 Å². The zero-order valence-corrected chi connectivity index (χ0v) is 16.0. The second kappa shape index (κ2) is 15.4. The number of hydrogen-bond acceptors (Lipinski definition) is 1. The largest absolute Gasteiger partial charge is 0.308 e. The van der Waals surface area contributed by atoms with E-state index in [1.807, 2.05) is 12.1 Å². The summed E-state index contributed by atoms with van der Waals surface area (Å²) in [6.45, 7) is 2.29. The molecule has 0 aliphatic heterocycles. The zero-order valence-electron chi connectivity index (χ0n) is 16.0. The van der Waals surface area contributed by atoms with Crippen LogP contribution in [0.5, 0.6) is 0 Å². The van der Waals surface area contributed by atoms with Crippen LogP contribution in [0.1, 0.15) is 108 Å². The molecule has 0 aliphatic rings. The van der Waals surface area contributed by atoms with Crippen LogP contribution in [-0.4, -0.2) is 6.21 Å². The van der Waals surface area contributed by atoms with Crippen LogP contribution in [0.2, 0.25) is 0 Å². The molecule has 0 atom stereocenters. The lowest BCUT2D eigenvalue weighted by molar-refractivity contribution is 0.535. The molecule has 1 heteroatoms. The molecule has 0 heterocycles. The molecule has 24 heavy (non-hydrogen) atoms. The Morgan fingerprint density at radius 1 is 0.667 bits per heavy atom. The summed E-state index contributed by atoms with van der Waals surface area (Å²) in [5.41, 5.74) is 2.43. The molecule has 0 radical (unpaired) electrons. The van der Waals surface area contributed by atoms with Crippen LogP contribution in [0, 0.1) is 5.41 Å². The lowest BCUT2D eigenvalue weighted by Gasteiger charge is -2.05. The van der Waals surface area contributed by atoms with Gasteiger partial charge in [-0.3, -0.25) is 0 Å². The topological polar surface area (TPSA) is 23.9 Å². The Morgan fingerprint density at radius 3 is 1.62 bits per heavy atom. The number of unbranched alkanes of at least 4 members (excludes halogenated alkanes) is 13. The van der Waals surface area contributed by atoms with Crippen molar-refractivity contribution in [3.05, 3.63) is 35.4 Å². The SMILES string of the molecule is CCCCCCCCCCCCCCCCc1ccccc1C=N. The Morgan fingerprint density at radius 2 is 1.12 bits per heavy atom. The van der Waals surface area contributed by atoms with Gasteiger partial charge in [0, 0.05) is 6.21 Å². The zero-order chi connectivity index (χ0) is 17.3. The molecule has 0 bridgehead atoms. The molecule has 1 aromatic carbocycles. The van der Waals surface area contributed by atoms with Crippen LogP contribution in [0.25, 0.3) is 0 Å². The second-order valence-electron chi connectivity index (χ2n) is 7.19. The first kappa shape index (κ1) is 20.9. The number of benzene rings is 1. The lowest BCUT2D eigenvalue weighted by atomic mass is 10.0. The van der Waals surface area contributed by atoms with E-state index in [9.17, 15) is 0 Å². The first-order chi connectivity index (χ1) is 11.9. The minimum Gasteiger partial charge on any atom is -0.308 e. The third-order valence-corrected chi connectivity index (χ3v) is 5.01. The summed E-state index contributed by atoms with van der Waals surface area (Å²) in [7, 11) is 0. The Bertz CT molecular complexity index is 410. The van der Waals surface area contributed by atoms with Gasteiger partial charge in [0.25, 0.3) is 0 Å². The molecule has 0 fully saturated rings. The molecule has 0 saturated carbocycles. The minimum atomic E-state index is 1.09. The van der Waals surface area contributed by atoms with Crippen LogP contribution in [-0.2, 0) is 6.42 Å². The molecule has 0 spiro atoms. The van der Waals surface area contributed by atoms with Crippen molar-refractivity contribution in [1.29, 1.82) is 5.41 Å².